The molecule has 0 amide bonds. The van der Waals surface area contributed by atoms with Crippen LogP contribution >= 0.6 is 0 Å². The molecule has 1 fully saturated rings. The lowest BCUT2D eigenvalue weighted by Crippen LogP contribution is -2.47. The lowest BCUT2D eigenvalue weighted by atomic mass is 9.90. The summed E-state index contributed by atoms with van der Waals surface area (Å²) in [5.74, 6) is -0.388. The van der Waals surface area contributed by atoms with Crippen molar-refractivity contribution in [2.24, 2.45) is 0 Å². The van der Waals surface area contributed by atoms with E-state index < -0.39 is 23.8 Å². The van der Waals surface area contributed by atoms with Gasteiger partial charge in [0.2, 0.25) is 5.95 Å². The third-order valence-corrected chi connectivity index (χ3v) is 5.41. The molecule has 4 atom stereocenters. The van der Waals surface area contributed by atoms with Crippen molar-refractivity contribution in [2.75, 3.05) is 25.0 Å². The fourth-order valence-corrected chi connectivity index (χ4v) is 3.71. The number of anilines is 1. The number of likely N-dealkylation sites (tertiary alicyclic amines) is 1. The number of hydrogen-bond acceptors (Lipinski definition) is 7. The van der Waals surface area contributed by atoms with Gasteiger partial charge in [0.15, 0.2) is 0 Å². The smallest absolute Gasteiger partial charge is 0.395 e. The normalized spacial score (nSPS) is 26.9. The van der Waals surface area contributed by atoms with E-state index in [2.05, 4.69) is 25.4 Å². The van der Waals surface area contributed by atoms with Crippen LogP contribution < -0.4 is 5.32 Å². The molecule has 2 unspecified atom stereocenters. The third-order valence-electron chi connectivity index (χ3n) is 5.41. The Morgan fingerprint density at radius 3 is 2.72 bits per heavy atom. The van der Waals surface area contributed by atoms with Crippen LogP contribution in [0.4, 0.5) is 19.1 Å². The van der Waals surface area contributed by atoms with Crippen molar-refractivity contribution in [1.82, 2.24) is 20.1 Å². The Bertz CT molecular complexity index is 784. The number of rotatable bonds is 5. The van der Waals surface area contributed by atoms with Crippen molar-refractivity contribution in [1.29, 1.82) is 0 Å². The number of allylic oxidation sites excluding steroid dienone is 2. The number of nitrogens with one attached hydrogen (secondary N) is 1. The van der Waals surface area contributed by atoms with E-state index >= 15 is 0 Å². The maximum absolute atomic E-state index is 12.8. The van der Waals surface area contributed by atoms with E-state index in [1.165, 1.54) is 6.08 Å². The number of aliphatic hydroxyl groups excluding tert-OH is 2. The van der Waals surface area contributed by atoms with Gasteiger partial charge in [-0.2, -0.15) is 13.2 Å². The highest BCUT2D eigenvalue weighted by Crippen LogP contribution is 2.34. The number of nitrogens with zero attached hydrogens (tertiary/aromatic N) is 4. The Kier molecular flexibility index (Phi) is 6.55. The van der Waals surface area contributed by atoms with Crippen LogP contribution in [0.2, 0.25) is 0 Å². The molecule has 7 nitrogen and oxygen atoms in total. The highest BCUT2D eigenvalue weighted by Gasteiger charge is 2.36. The quantitative estimate of drug-likeness (QED) is 0.679. The first kappa shape index (κ1) is 21.7. The summed E-state index contributed by atoms with van der Waals surface area (Å²) < 4.78 is 38.4. The molecule has 0 radical (unpaired) electrons. The van der Waals surface area contributed by atoms with Gasteiger partial charge < -0.3 is 15.5 Å². The summed E-state index contributed by atoms with van der Waals surface area (Å²) in [6, 6.07) is 0.194. The Balaban J connectivity index is 1.68. The average Bonchev–Trinajstić information content (AvgIpc) is 2.67. The Morgan fingerprint density at radius 1 is 1.34 bits per heavy atom. The molecule has 0 spiro atoms. The van der Waals surface area contributed by atoms with Gasteiger partial charge in [-0.25, -0.2) is 4.98 Å². The van der Waals surface area contributed by atoms with Crippen molar-refractivity contribution < 1.29 is 23.4 Å². The van der Waals surface area contributed by atoms with Crippen LogP contribution in [0, 0.1) is 6.92 Å². The zero-order chi connectivity index (χ0) is 21.2. The van der Waals surface area contributed by atoms with Gasteiger partial charge in [-0.1, -0.05) is 12.2 Å². The number of aromatic nitrogens is 3. The zero-order valence-corrected chi connectivity index (χ0v) is 16.4. The second-order valence-electron chi connectivity index (χ2n) is 7.61. The van der Waals surface area contributed by atoms with Gasteiger partial charge in [0.25, 0.3) is 0 Å². The zero-order valence-electron chi connectivity index (χ0n) is 16.4. The average molecular weight is 413 g/mol. The molecule has 1 aliphatic carbocycles. The molecular weight excluding hydrogens is 387 g/mol. The number of aryl methyl sites for hydroxylation is 1. The van der Waals surface area contributed by atoms with E-state index in [9.17, 15) is 23.4 Å². The topological polar surface area (TPSA) is 94.4 Å². The largest absolute Gasteiger partial charge is 0.416 e. The molecule has 1 saturated heterocycles. The molecule has 160 valence electrons. The number of alkyl halides is 3. The Labute approximate surface area is 167 Å². The summed E-state index contributed by atoms with van der Waals surface area (Å²) in [6.45, 7) is 5.44. The van der Waals surface area contributed by atoms with Crippen LogP contribution in [0.3, 0.4) is 0 Å². The monoisotopic (exact) mass is 413 g/mol. The van der Waals surface area contributed by atoms with Gasteiger partial charge in [0.1, 0.15) is 0 Å². The van der Waals surface area contributed by atoms with Gasteiger partial charge in [-0.05, 0) is 39.3 Å². The molecule has 0 aromatic carbocycles. The van der Waals surface area contributed by atoms with Gasteiger partial charge in [0.05, 0.1) is 35.6 Å². The first-order valence-corrected chi connectivity index (χ1v) is 9.67. The first-order chi connectivity index (χ1) is 13.7. The summed E-state index contributed by atoms with van der Waals surface area (Å²) in [6.07, 6.45) is -0.906. The fourth-order valence-electron chi connectivity index (χ4n) is 3.71. The minimum absolute atomic E-state index is 0.0805. The highest BCUT2D eigenvalue weighted by molar-refractivity contribution is 5.37. The molecule has 2 heterocycles. The van der Waals surface area contributed by atoms with Crippen molar-refractivity contribution in [2.45, 2.75) is 57.0 Å². The molecule has 0 saturated carbocycles. The van der Waals surface area contributed by atoms with E-state index in [4.69, 9.17) is 0 Å². The van der Waals surface area contributed by atoms with Crippen LogP contribution in [0.15, 0.2) is 23.8 Å². The van der Waals surface area contributed by atoms with Crippen LogP contribution in [0.1, 0.15) is 37.1 Å². The second kappa shape index (κ2) is 8.76. The molecule has 10 heteroatoms. The summed E-state index contributed by atoms with van der Waals surface area (Å²) in [7, 11) is 0. The molecule has 29 heavy (non-hydrogen) atoms. The maximum Gasteiger partial charge on any atom is 0.416 e. The van der Waals surface area contributed by atoms with E-state index in [0.29, 0.717) is 17.3 Å². The molecule has 1 aromatic heterocycles. The van der Waals surface area contributed by atoms with Crippen molar-refractivity contribution in [3.05, 3.63) is 35.2 Å². The van der Waals surface area contributed by atoms with E-state index in [1.807, 2.05) is 6.92 Å². The third kappa shape index (κ3) is 5.12. The molecule has 2 aliphatic rings. The van der Waals surface area contributed by atoms with Crippen LogP contribution in [-0.4, -0.2) is 74.4 Å². The maximum atomic E-state index is 12.8. The summed E-state index contributed by atoms with van der Waals surface area (Å²) in [5.41, 5.74) is -0.0375. The molecule has 1 aliphatic heterocycles. The second-order valence-corrected chi connectivity index (χ2v) is 7.61. The fraction of sp³-hybridized carbons (Fsp3) is 0.632. The number of hydrogen-bond donors (Lipinski definition) is 3. The van der Waals surface area contributed by atoms with Gasteiger partial charge in [-0.3, -0.25) is 4.90 Å². The van der Waals surface area contributed by atoms with Gasteiger partial charge in [0, 0.05) is 18.6 Å². The SMILES string of the molecule is Cc1nc(N[C@@H]2CCCN([C@H](C)CO)C2)nnc1C1C=CC(C(F)(F)F)=CC1O. The van der Waals surface area contributed by atoms with Crippen molar-refractivity contribution in [3.8, 4) is 0 Å². The molecule has 3 N–H and O–H groups in total. The van der Waals surface area contributed by atoms with Crippen LogP contribution in [0.5, 0.6) is 0 Å². The summed E-state index contributed by atoms with van der Waals surface area (Å²) >= 11 is 0. The number of halogens is 3. The number of aliphatic hydroxyl groups is 2. The summed E-state index contributed by atoms with van der Waals surface area (Å²) in [4.78, 5) is 6.59. The lowest BCUT2D eigenvalue weighted by Gasteiger charge is -2.36. The highest BCUT2D eigenvalue weighted by atomic mass is 19.4. The van der Waals surface area contributed by atoms with E-state index in [0.717, 1.165) is 38.1 Å². The van der Waals surface area contributed by atoms with Gasteiger partial charge >= 0.3 is 6.18 Å². The minimum atomic E-state index is -4.50. The predicted octanol–water partition coefficient (Wildman–Crippen LogP) is 1.94. The predicted molar refractivity (Wildman–Crippen MR) is 101 cm³/mol. The molecule has 3 rings (SSSR count). The molecular formula is C19H26F3N5O2. The van der Waals surface area contributed by atoms with Crippen molar-refractivity contribution >= 4 is 5.95 Å². The number of piperidine rings is 1. The Morgan fingerprint density at radius 2 is 2.10 bits per heavy atom. The minimum Gasteiger partial charge on any atom is -0.395 e. The first-order valence-electron chi connectivity index (χ1n) is 9.67. The summed E-state index contributed by atoms with van der Waals surface area (Å²) in [5, 5.41) is 30.9. The molecule has 0 bridgehead atoms. The van der Waals surface area contributed by atoms with E-state index in [-0.39, 0.29) is 18.7 Å². The Hall–Kier alpha value is -2.04. The van der Waals surface area contributed by atoms with Crippen molar-refractivity contribution in [3.63, 3.8) is 0 Å². The van der Waals surface area contributed by atoms with Gasteiger partial charge in [-0.15, -0.1) is 10.2 Å². The lowest BCUT2D eigenvalue weighted by molar-refractivity contribution is -0.0895. The van der Waals surface area contributed by atoms with E-state index in [1.54, 1.807) is 6.92 Å². The molecule has 1 aromatic rings. The standard InChI is InChI=1S/C19H26F3N5O2/c1-11(10-28)27-7-3-4-14(9-27)24-18-23-12(2)17(25-26-18)15-6-5-13(8-16(15)29)19(20,21)22/h5-6,8,11,14-16,28-29H,3-4,7,9-10H2,1-2H3,(H,23,24,26)/t11-,14-,15?,16?/m1/s1. The van der Waals surface area contributed by atoms with Crippen LogP contribution in [0.25, 0.3) is 0 Å². The van der Waals surface area contributed by atoms with Crippen LogP contribution in [-0.2, 0) is 0 Å².